The number of carbonyl (C=O) groups is 2. The number of carbonyl (C=O) groups excluding carboxylic acids is 2. The van der Waals surface area contributed by atoms with Gasteiger partial charge < -0.3 is 10.6 Å². The number of hydrogen-bond donors (Lipinski definition) is 1. The maximum atomic E-state index is 12.9. The lowest BCUT2D eigenvalue weighted by molar-refractivity contribution is 0.0573. The number of sulfonamides is 1. The van der Waals surface area contributed by atoms with Gasteiger partial charge in [0.15, 0.2) is 0 Å². The molecule has 9 heteroatoms. The Bertz CT molecular complexity index is 827. The van der Waals surface area contributed by atoms with Gasteiger partial charge in [-0.15, -0.1) is 12.4 Å². The predicted molar refractivity (Wildman–Crippen MR) is 99.9 cm³/mol. The molecule has 3 rings (SSSR count). The van der Waals surface area contributed by atoms with Crippen LogP contribution in [0.4, 0.5) is 0 Å². The fourth-order valence-electron chi connectivity index (χ4n) is 3.63. The quantitative estimate of drug-likeness (QED) is 0.826. The molecule has 1 aromatic rings. The number of amides is 2. The monoisotopic (exact) mass is 401 g/mol. The van der Waals surface area contributed by atoms with Crippen molar-refractivity contribution < 1.29 is 18.0 Å². The minimum absolute atomic E-state index is 0. The van der Waals surface area contributed by atoms with Gasteiger partial charge in [0.1, 0.15) is 4.90 Å². The lowest BCUT2D eigenvalue weighted by Gasteiger charge is -2.38. The van der Waals surface area contributed by atoms with Crippen molar-refractivity contribution in [2.45, 2.75) is 37.6 Å². The van der Waals surface area contributed by atoms with Gasteiger partial charge in [-0.3, -0.25) is 9.59 Å². The molecule has 1 saturated heterocycles. The van der Waals surface area contributed by atoms with Crippen molar-refractivity contribution in [3.05, 3.63) is 29.3 Å². The highest BCUT2D eigenvalue weighted by atomic mass is 35.5. The van der Waals surface area contributed by atoms with Crippen LogP contribution < -0.4 is 5.73 Å². The summed E-state index contributed by atoms with van der Waals surface area (Å²) >= 11 is 0. The number of fused-ring (bicyclic) bond motifs is 1. The topological polar surface area (TPSA) is 101 Å². The van der Waals surface area contributed by atoms with E-state index in [9.17, 15) is 18.0 Å². The molecule has 1 fully saturated rings. The first-order chi connectivity index (χ1) is 11.8. The lowest BCUT2D eigenvalue weighted by atomic mass is 9.92. The molecule has 2 N–H and O–H groups in total. The summed E-state index contributed by atoms with van der Waals surface area (Å²) in [4.78, 5) is 26.7. The van der Waals surface area contributed by atoms with Crippen LogP contribution in [0, 0.1) is 5.92 Å². The van der Waals surface area contributed by atoms with Crippen molar-refractivity contribution in [2.24, 2.45) is 11.7 Å². The highest BCUT2D eigenvalue weighted by Gasteiger charge is 2.41. The highest BCUT2D eigenvalue weighted by Crippen LogP contribution is 2.32. The molecule has 2 aliphatic rings. The molecule has 0 aliphatic carbocycles. The molecule has 1 aromatic carbocycles. The first-order valence-electron chi connectivity index (χ1n) is 8.53. The van der Waals surface area contributed by atoms with E-state index in [1.165, 1.54) is 18.2 Å². The normalized spacial score (nSPS) is 24.2. The number of likely N-dealkylation sites (tertiary alicyclic amines) is 1. The Kier molecular flexibility index (Phi) is 5.99. The smallest absolute Gasteiger partial charge is 0.268 e. The van der Waals surface area contributed by atoms with Gasteiger partial charge in [0.05, 0.1) is 5.56 Å². The van der Waals surface area contributed by atoms with Crippen molar-refractivity contribution in [1.29, 1.82) is 0 Å². The van der Waals surface area contributed by atoms with Crippen LogP contribution in [-0.2, 0) is 10.0 Å². The summed E-state index contributed by atoms with van der Waals surface area (Å²) in [6.45, 7) is 4.79. The van der Waals surface area contributed by atoms with E-state index in [0.29, 0.717) is 19.0 Å². The Labute approximate surface area is 160 Å². The second-order valence-electron chi connectivity index (χ2n) is 6.70. The summed E-state index contributed by atoms with van der Waals surface area (Å²) in [7, 11) is -3.87. The number of halogens is 1. The molecule has 0 spiro atoms. The molecule has 2 unspecified atom stereocenters. The van der Waals surface area contributed by atoms with E-state index in [4.69, 9.17) is 5.73 Å². The SMILES string of the molecule is CCN1C(=O)c2ccc(C(=O)N3CCC(C)CC3CN)cc2S1(=O)=O.Cl. The van der Waals surface area contributed by atoms with Gasteiger partial charge in [-0.1, -0.05) is 6.92 Å². The molecule has 2 heterocycles. The maximum absolute atomic E-state index is 12.9. The Morgan fingerprint density at radius 1 is 1.35 bits per heavy atom. The summed E-state index contributed by atoms with van der Waals surface area (Å²) in [5.74, 6) is -0.264. The number of hydrogen-bond acceptors (Lipinski definition) is 5. The molecule has 26 heavy (non-hydrogen) atoms. The first-order valence-corrected chi connectivity index (χ1v) is 9.97. The van der Waals surface area contributed by atoms with E-state index < -0.39 is 15.9 Å². The van der Waals surface area contributed by atoms with E-state index in [1.54, 1.807) is 11.8 Å². The summed E-state index contributed by atoms with van der Waals surface area (Å²) in [6, 6.07) is 4.24. The molecule has 2 atom stereocenters. The van der Waals surface area contributed by atoms with E-state index in [1.807, 2.05) is 0 Å². The molecule has 2 amide bonds. The Morgan fingerprint density at radius 2 is 2.04 bits per heavy atom. The molecule has 144 valence electrons. The zero-order valence-electron chi connectivity index (χ0n) is 14.8. The molecule has 0 aromatic heterocycles. The van der Waals surface area contributed by atoms with Crippen LogP contribution >= 0.6 is 12.4 Å². The Balaban J connectivity index is 0.00000243. The second kappa shape index (κ2) is 7.54. The van der Waals surface area contributed by atoms with Gasteiger partial charge in [-0.2, -0.15) is 0 Å². The Morgan fingerprint density at radius 3 is 2.65 bits per heavy atom. The van der Waals surface area contributed by atoms with Crippen molar-refractivity contribution in [3.8, 4) is 0 Å². The lowest BCUT2D eigenvalue weighted by Crippen LogP contribution is -2.49. The largest absolute Gasteiger partial charge is 0.334 e. The summed E-state index contributed by atoms with van der Waals surface area (Å²) in [6.07, 6.45) is 1.74. The first kappa shape index (κ1) is 20.7. The van der Waals surface area contributed by atoms with Gasteiger partial charge >= 0.3 is 0 Å². The number of nitrogens with two attached hydrogens (primary N) is 1. The maximum Gasteiger partial charge on any atom is 0.268 e. The van der Waals surface area contributed by atoms with Gasteiger partial charge in [-0.25, -0.2) is 12.7 Å². The fraction of sp³-hybridized carbons (Fsp3) is 0.529. The second-order valence-corrected chi connectivity index (χ2v) is 8.53. The molecule has 7 nitrogen and oxygen atoms in total. The summed E-state index contributed by atoms with van der Waals surface area (Å²) < 4.78 is 25.8. The van der Waals surface area contributed by atoms with Crippen LogP contribution in [0.15, 0.2) is 23.1 Å². The van der Waals surface area contributed by atoms with Crippen LogP contribution in [-0.4, -0.2) is 55.1 Å². The number of piperidine rings is 1. The van der Waals surface area contributed by atoms with Crippen molar-refractivity contribution in [2.75, 3.05) is 19.6 Å². The van der Waals surface area contributed by atoms with Crippen LogP contribution in [0.1, 0.15) is 47.4 Å². The molecular weight excluding hydrogens is 378 g/mol. The van der Waals surface area contributed by atoms with Crippen molar-refractivity contribution >= 4 is 34.2 Å². The van der Waals surface area contributed by atoms with Gasteiger partial charge in [0.2, 0.25) is 0 Å². The van der Waals surface area contributed by atoms with Gasteiger partial charge in [-0.05, 0) is 43.9 Å². The summed E-state index contributed by atoms with van der Waals surface area (Å²) in [5.41, 5.74) is 6.22. The highest BCUT2D eigenvalue weighted by molar-refractivity contribution is 7.90. The Hall–Kier alpha value is -1.64. The number of benzene rings is 1. The van der Waals surface area contributed by atoms with Crippen LogP contribution in [0.2, 0.25) is 0 Å². The molecule has 0 radical (unpaired) electrons. The van der Waals surface area contributed by atoms with E-state index in [-0.39, 0.29) is 46.9 Å². The third kappa shape index (κ3) is 3.21. The average molecular weight is 402 g/mol. The van der Waals surface area contributed by atoms with Gasteiger partial charge in [0, 0.05) is 31.2 Å². The zero-order chi connectivity index (χ0) is 18.4. The third-order valence-electron chi connectivity index (χ3n) is 5.05. The van der Waals surface area contributed by atoms with Crippen LogP contribution in [0.3, 0.4) is 0 Å². The van der Waals surface area contributed by atoms with E-state index >= 15 is 0 Å². The van der Waals surface area contributed by atoms with Gasteiger partial charge in [0.25, 0.3) is 21.8 Å². The third-order valence-corrected chi connectivity index (χ3v) is 6.95. The molecule has 0 saturated carbocycles. The van der Waals surface area contributed by atoms with Crippen molar-refractivity contribution in [1.82, 2.24) is 9.21 Å². The van der Waals surface area contributed by atoms with E-state index in [0.717, 1.165) is 17.1 Å². The standard InChI is InChI=1S/C17H23N3O4S.ClH/c1-3-20-17(22)14-5-4-12(9-15(14)25(20,23)24)16(21)19-7-6-11(2)8-13(19)10-18;/h4-5,9,11,13H,3,6-8,10,18H2,1-2H3;1H. The van der Waals surface area contributed by atoms with Crippen LogP contribution in [0.25, 0.3) is 0 Å². The summed E-state index contributed by atoms with van der Waals surface area (Å²) in [5, 5.41) is 0. The van der Waals surface area contributed by atoms with Crippen molar-refractivity contribution in [3.63, 3.8) is 0 Å². The molecular formula is C17H24ClN3O4S. The zero-order valence-corrected chi connectivity index (χ0v) is 16.5. The molecule has 2 aliphatic heterocycles. The number of nitrogens with zero attached hydrogens (tertiary/aromatic N) is 2. The fourth-order valence-corrected chi connectivity index (χ4v) is 5.23. The minimum Gasteiger partial charge on any atom is -0.334 e. The average Bonchev–Trinajstić information content (AvgIpc) is 2.79. The van der Waals surface area contributed by atoms with E-state index in [2.05, 4.69) is 6.92 Å². The van der Waals surface area contributed by atoms with Crippen LogP contribution in [0.5, 0.6) is 0 Å². The predicted octanol–water partition coefficient (Wildman–Crippen LogP) is 1.47. The minimum atomic E-state index is -3.87. The molecule has 0 bridgehead atoms. The number of rotatable bonds is 3.